The Balaban J connectivity index is 1.74. The van der Waals surface area contributed by atoms with Crippen LogP contribution in [0.15, 0.2) is 24.4 Å². The van der Waals surface area contributed by atoms with Crippen molar-refractivity contribution in [2.24, 2.45) is 7.05 Å². The summed E-state index contributed by atoms with van der Waals surface area (Å²) in [6.45, 7) is 5.45. The topological polar surface area (TPSA) is 60.3 Å². The van der Waals surface area contributed by atoms with Gasteiger partial charge in [-0.15, -0.1) is 0 Å². The number of ether oxygens (including phenoxy) is 1. The predicted molar refractivity (Wildman–Crippen MR) is 103 cm³/mol. The molecule has 6 nitrogen and oxygen atoms in total. The van der Waals surface area contributed by atoms with Gasteiger partial charge in [-0.2, -0.15) is 5.10 Å². The molecule has 7 heteroatoms. The van der Waals surface area contributed by atoms with Crippen LogP contribution in [0.4, 0.5) is 5.13 Å². The van der Waals surface area contributed by atoms with Gasteiger partial charge in [0, 0.05) is 19.9 Å². The summed E-state index contributed by atoms with van der Waals surface area (Å²) in [6, 6.07) is 5.97. The van der Waals surface area contributed by atoms with E-state index in [-0.39, 0.29) is 12.0 Å². The lowest BCUT2D eigenvalue weighted by Gasteiger charge is -2.22. The van der Waals surface area contributed by atoms with Crippen LogP contribution in [0.25, 0.3) is 10.2 Å². The van der Waals surface area contributed by atoms with Crippen molar-refractivity contribution in [1.29, 1.82) is 0 Å². The highest BCUT2D eigenvalue weighted by Crippen LogP contribution is 2.32. The summed E-state index contributed by atoms with van der Waals surface area (Å²) in [4.78, 5) is 19.7. The monoisotopic (exact) mass is 370 g/mol. The summed E-state index contributed by atoms with van der Waals surface area (Å²) in [7, 11) is 1.78. The number of nitrogens with zero attached hydrogens (tertiary/aromatic N) is 4. The van der Waals surface area contributed by atoms with Crippen LogP contribution >= 0.6 is 11.3 Å². The number of carbonyl (C=O) groups is 1. The van der Waals surface area contributed by atoms with Gasteiger partial charge in [0.15, 0.2) is 5.13 Å². The van der Waals surface area contributed by atoms with Gasteiger partial charge in [0.25, 0.3) is 5.91 Å². The molecule has 1 saturated heterocycles. The van der Waals surface area contributed by atoms with Gasteiger partial charge in [-0.25, -0.2) is 4.98 Å². The van der Waals surface area contributed by atoms with Gasteiger partial charge >= 0.3 is 0 Å². The number of aryl methyl sites for hydroxylation is 3. The van der Waals surface area contributed by atoms with Gasteiger partial charge in [0.2, 0.25) is 0 Å². The lowest BCUT2D eigenvalue weighted by atomic mass is 10.1. The largest absolute Gasteiger partial charge is 0.376 e. The Hall–Kier alpha value is -2.25. The van der Waals surface area contributed by atoms with Crippen molar-refractivity contribution < 1.29 is 9.53 Å². The molecule has 1 aliphatic rings. The maximum absolute atomic E-state index is 13.2. The van der Waals surface area contributed by atoms with Gasteiger partial charge in [-0.3, -0.25) is 14.4 Å². The molecule has 1 fully saturated rings. The van der Waals surface area contributed by atoms with Crippen molar-refractivity contribution in [3.8, 4) is 0 Å². The molecule has 1 aromatic carbocycles. The van der Waals surface area contributed by atoms with Crippen LogP contribution in [-0.4, -0.2) is 39.9 Å². The van der Waals surface area contributed by atoms with Crippen LogP contribution in [0.1, 0.15) is 34.5 Å². The van der Waals surface area contributed by atoms with Crippen LogP contribution in [0.5, 0.6) is 0 Å². The predicted octanol–water partition coefficient (Wildman–Crippen LogP) is 3.47. The van der Waals surface area contributed by atoms with Gasteiger partial charge in [-0.05, 0) is 56.0 Å². The van der Waals surface area contributed by atoms with Gasteiger partial charge in [0.1, 0.15) is 5.69 Å². The molecule has 0 saturated carbocycles. The van der Waals surface area contributed by atoms with Crippen molar-refractivity contribution in [2.45, 2.75) is 32.8 Å². The highest BCUT2D eigenvalue weighted by Gasteiger charge is 2.28. The summed E-state index contributed by atoms with van der Waals surface area (Å²) < 4.78 is 8.47. The minimum Gasteiger partial charge on any atom is -0.376 e. The average Bonchev–Trinajstić information content (AvgIpc) is 3.33. The van der Waals surface area contributed by atoms with Crippen molar-refractivity contribution in [3.05, 3.63) is 41.2 Å². The molecule has 4 rings (SSSR count). The summed E-state index contributed by atoms with van der Waals surface area (Å²) in [5, 5.41) is 4.85. The number of rotatable bonds is 4. The fraction of sp³-hybridized carbons (Fsp3) is 0.421. The fourth-order valence-electron chi connectivity index (χ4n) is 3.25. The molecule has 1 aliphatic heterocycles. The zero-order valence-corrected chi connectivity index (χ0v) is 16.0. The van der Waals surface area contributed by atoms with Gasteiger partial charge in [0.05, 0.1) is 22.9 Å². The summed E-state index contributed by atoms with van der Waals surface area (Å²) in [5.74, 6) is -0.0898. The molecule has 2 aromatic heterocycles. The van der Waals surface area contributed by atoms with E-state index in [2.05, 4.69) is 31.1 Å². The number of hydrogen-bond donors (Lipinski definition) is 0. The van der Waals surface area contributed by atoms with E-state index in [9.17, 15) is 4.79 Å². The first-order valence-electron chi connectivity index (χ1n) is 8.82. The van der Waals surface area contributed by atoms with Crippen LogP contribution in [-0.2, 0) is 11.8 Å². The van der Waals surface area contributed by atoms with E-state index in [1.807, 2.05) is 0 Å². The smallest absolute Gasteiger partial charge is 0.278 e. The zero-order valence-electron chi connectivity index (χ0n) is 15.2. The highest BCUT2D eigenvalue weighted by atomic mass is 32.1. The van der Waals surface area contributed by atoms with E-state index in [0.29, 0.717) is 17.4 Å². The average molecular weight is 370 g/mol. The lowest BCUT2D eigenvalue weighted by molar-refractivity contribution is 0.0910. The summed E-state index contributed by atoms with van der Waals surface area (Å²) >= 11 is 1.55. The van der Waals surface area contributed by atoms with Crippen LogP contribution in [0.3, 0.4) is 0 Å². The number of carbonyl (C=O) groups excluding carboxylic acids is 1. The van der Waals surface area contributed by atoms with E-state index >= 15 is 0 Å². The third-order valence-electron chi connectivity index (χ3n) is 4.92. The second-order valence-corrected chi connectivity index (χ2v) is 7.80. The van der Waals surface area contributed by atoms with Gasteiger partial charge < -0.3 is 4.74 Å². The number of benzene rings is 1. The first-order chi connectivity index (χ1) is 12.5. The van der Waals surface area contributed by atoms with E-state index < -0.39 is 0 Å². The van der Waals surface area contributed by atoms with Gasteiger partial charge in [-0.1, -0.05) is 11.3 Å². The number of aromatic nitrogens is 3. The Labute approximate surface area is 156 Å². The standard InChI is InChI=1S/C19H22N4O2S/c1-12-9-15-17(10-13(12)2)26-19(21-15)23(11-14-5-4-8-25-14)18(24)16-6-7-20-22(16)3/h6-7,9-10,14H,4-5,8,11H2,1-3H3/t14-/m0/s1. The van der Waals surface area contributed by atoms with Crippen molar-refractivity contribution in [2.75, 3.05) is 18.1 Å². The number of anilines is 1. The van der Waals surface area contributed by atoms with E-state index in [0.717, 1.165) is 29.7 Å². The molecule has 0 unspecified atom stereocenters. The normalized spacial score (nSPS) is 17.1. The SMILES string of the molecule is Cc1cc2nc(N(C[C@@H]3CCCO3)C(=O)c3ccnn3C)sc2cc1C. The van der Waals surface area contributed by atoms with E-state index in [4.69, 9.17) is 9.72 Å². The van der Waals surface area contributed by atoms with Crippen molar-refractivity contribution in [1.82, 2.24) is 14.8 Å². The number of fused-ring (bicyclic) bond motifs is 1. The Kier molecular flexibility index (Phi) is 4.50. The van der Waals surface area contributed by atoms with Crippen LogP contribution in [0.2, 0.25) is 0 Å². The summed E-state index contributed by atoms with van der Waals surface area (Å²) in [5.41, 5.74) is 3.92. The van der Waals surface area contributed by atoms with E-state index in [1.54, 1.807) is 40.2 Å². The molecule has 0 N–H and O–H groups in total. The lowest BCUT2D eigenvalue weighted by Crippen LogP contribution is -2.38. The molecule has 1 atom stereocenters. The second-order valence-electron chi connectivity index (χ2n) is 6.79. The van der Waals surface area contributed by atoms with Crippen LogP contribution in [0, 0.1) is 13.8 Å². The molecule has 0 spiro atoms. The first kappa shape index (κ1) is 17.2. The van der Waals surface area contributed by atoms with E-state index in [1.165, 1.54) is 11.1 Å². The van der Waals surface area contributed by atoms with Crippen molar-refractivity contribution in [3.63, 3.8) is 0 Å². The molecule has 26 heavy (non-hydrogen) atoms. The molecule has 1 amide bonds. The molecule has 3 heterocycles. The fourth-order valence-corrected chi connectivity index (χ4v) is 4.30. The molecule has 0 aliphatic carbocycles. The quantitative estimate of drug-likeness (QED) is 0.705. The number of hydrogen-bond acceptors (Lipinski definition) is 5. The minimum atomic E-state index is -0.0898. The third kappa shape index (κ3) is 3.12. The van der Waals surface area contributed by atoms with Crippen molar-refractivity contribution >= 4 is 32.6 Å². The highest BCUT2D eigenvalue weighted by molar-refractivity contribution is 7.22. The number of amides is 1. The Bertz CT molecular complexity index is 917. The molecular formula is C19H22N4O2S. The molecular weight excluding hydrogens is 348 g/mol. The minimum absolute atomic E-state index is 0.0580. The zero-order chi connectivity index (χ0) is 18.3. The Morgan fingerprint density at radius 3 is 2.88 bits per heavy atom. The molecule has 3 aromatic rings. The Morgan fingerprint density at radius 1 is 1.38 bits per heavy atom. The van der Waals surface area contributed by atoms with Crippen LogP contribution < -0.4 is 4.90 Å². The molecule has 0 bridgehead atoms. The second kappa shape index (κ2) is 6.81. The first-order valence-corrected chi connectivity index (χ1v) is 9.64. The summed E-state index contributed by atoms with van der Waals surface area (Å²) in [6.07, 6.45) is 3.71. The molecule has 136 valence electrons. The number of thiazole rings is 1. The third-order valence-corrected chi connectivity index (χ3v) is 5.96. The maximum Gasteiger partial charge on any atom is 0.278 e. The Morgan fingerprint density at radius 2 is 2.19 bits per heavy atom. The maximum atomic E-state index is 13.2. The molecule has 0 radical (unpaired) electrons.